The van der Waals surface area contributed by atoms with Gasteiger partial charge < -0.3 is 10.4 Å². The van der Waals surface area contributed by atoms with E-state index in [1.54, 1.807) is 18.3 Å². The van der Waals surface area contributed by atoms with Gasteiger partial charge in [0.05, 0.1) is 11.1 Å². The highest BCUT2D eigenvalue weighted by atomic mass is 32.1. The smallest absolute Gasteiger partial charge is 0.0930 e. The molecule has 0 fully saturated rings. The summed E-state index contributed by atoms with van der Waals surface area (Å²) in [6, 6.07) is 0. The summed E-state index contributed by atoms with van der Waals surface area (Å²) in [5, 5.41) is 13.5. The number of rotatable bonds is 6. The lowest BCUT2D eigenvalue weighted by molar-refractivity contribution is 0.191. The predicted molar refractivity (Wildman–Crippen MR) is 64.0 cm³/mol. The van der Waals surface area contributed by atoms with E-state index in [0.717, 1.165) is 13.0 Å². The molecule has 1 atom stereocenters. The third-order valence-corrected chi connectivity index (χ3v) is 2.94. The Morgan fingerprint density at radius 1 is 1.47 bits per heavy atom. The normalized spacial score (nSPS) is 13.4. The Hall–Kier alpha value is -0.450. The molecule has 0 aromatic carbocycles. The van der Waals surface area contributed by atoms with Crippen LogP contribution in [0.1, 0.15) is 30.7 Å². The van der Waals surface area contributed by atoms with Gasteiger partial charge in [0.2, 0.25) is 0 Å². The topological polar surface area (TPSA) is 45.2 Å². The first-order valence-corrected chi connectivity index (χ1v) is 6.22. The summed E-state index contributed by atoms with van der Waals surface area (Å²) in [4.78, 5) is 5.61. The minimum atomic E-state index is -0.284. The van der Waals surface area contributed by atoms with E-state index in [1.807, 2.05) is 6.20 Å². The number of aliphatic hydroxyl groups is 1. The molecule has 0 saturated heterocycles. The molecule has 0 aliphatic rings. The van der Waals surface area contributed by atoms with Gasteiger partial charge in [0.1, 0.15) is 0 Å². The maximum absolute atomic E-state index is 9.08. The van der Waals surface area contributed by atoms with Gasteiger partial charge in [0, 0.05) is 30.6 Å². The minimum absolute atomic E-state index is 0.284. The molecule has 1 aromatic rings. The van der Waals surface area contributed by atoms with Gasteiger partial charge in [0.25, 0.3) is 0 Å². The van der Waals surface area contributed by atoms with Crippen molar-refractivity contribution < 1.29 is 5.11 Å². The van der Waals surface area contributed by atoms with Crippen molar-refractivity contribution in [1.29, 1.82) is 0 Å². The maximum Gasteiger partial charge on any atom is 0.0930 e. The van der Waals surface area contributed by atoms with Crippen molar-refractivity contribution in [2.45, 2.75) is 39.8 Å². The molecule has 1 heterocycles. The van der Waals surface area contributed by atoms with Crippen molar-refractivity contribution in [3.63, 3.8) is 0 Å². The van der Waals surface area contributed by atoms with E-state index in [2.05, 4.69) is 24.1 Å². The number of hydrogen-bond donors (Lipinski definition) is 2. The fourth-order valence-corrected chi connectivity index (χ4v) is 2.38. The van der Waals surface area contributed by atoms with Crippen LogP contribution in [0.15, 0.2) is 6.20 Å². The third-order valence-electron chi connectivity index (χ3n) is 1.92. The first-order chi connectivity index (χ1) is 7.08. The second-order valence-electron chi connectivity index (χ2n) is 4.30. The zero-order chi connectivity index (χ0) is 11.3. The van der Waals surface area contributed by atoms with Gasteiger partial charge in [-0.15, -0.1) is 11.3 Å². The molecular weight excluding hydrogens is 208 g/mol. The SMILES string of the molecule is CC(C)Cc1ncc(CNCC(C)O)s1. The molecule has 4 heteroatoms. The molecule has 0 saturated carbocycles. The molecule has 0 radical (unpaired) electrons. The Morgan fingerprint density at radius 3 is 2.80 bits per heavy atom. The van der Waals surface area contributed by atoms with E-state index in [-0.39, 0.29) is 6.10 Å². The van der Waals surface area contributed by atoms with Gasteiger partial charge in [-0.05, 0) is 12.8 Å². The van der Waals surface area contributed by atoms with Crippen LogP contribution in [0, 0.1) is 5.92 Å². The summed E-state index contributed by atoms with van der Waals surface area (Å²) >= 11 is 1.76. The fourth-order valence-electron chi connectivity index (χ4n) is 1.28. The minimum Gasteiger partial charge on any atom is -0.392 e. The fraction of sp³-hybridized carbons (Fsp3) is 0.727. The summed E-state index contributed by atoms with van der Waals surface area (Å²) in [5.41, 5.74) is 0. The Labute approximate surface area is 95.6 Å². The van der Waals surface area contributed by atoms with Crippen molar-refractivity contribution >= 4 is 11.3 Å². The summed E-state index contributed by atoms with van der Waals surface area (Å²) in [5.74, 6) is 0.662. The predicted octanol–water partition coefficient (Wildman–Crippen LogP) is 1.81. The van der Waals surface area contributed by atoms with Crippen LogP contribution in [0.5, 0.6) is 0 Å². The quantitative estimate of drug-likeness (QED) is 0.780. The molecule has 0 amide bonds. The van der Waals surface area contributed by atoms with E-state index >= 15 is 0 Å². The third kappa shape index (κ3) is 5.25. The summed E-state index contributed by atoms with van der Waals surface area (Å²) in [6.45, 7) is 7.63. The number of hydrogen-bond acceptors (Lipinski definition) is 4. The van der Waals surface area contributed by atoms with Crippen LogP contribution in [-0.2, 0) is 13.0 Å². The molecule has 1 unspecified atom stereocenters. The molecule has 0 bridgehead atoms. The number of aliphatic hydroxyl groups excluding tert-OH is 1. The first-order valence-electron chi connectivity index (χ1n) is 5.40. The zero-order valence-electron chi connectivity index (χ0n) is 9.66. The van der Waals surface area contributed by atoms with Crippen LogP contribution < -0.4 is 5.32 Å². The summed E-state index contributed by atoms with van der Waals surface area (Å²) < 4.78 is 0. The zero-order valence-corrected chi connectivity index (χ0v) is 10.5. The van der Waals surface area contributed by atoms with Crippen LogP contribution in [-0.4, -0.2) is 22.7 Å². The lowest BCUT2D eigenvalue weighted by atomic mass is 10.1. The van der Waals surface area contributed by atoms with Crippen molar-refractivity contribution in [2.75, 3.05) is 6.54 Å². The van der Waals surface area contributed by atoms with Crippen molar-refractivity contribution in [3.05, 3.63) is 16.1 Å². The molecule has 0 aliphatic heterocycles. The van der Waals surface area contributed by atoms with E-state index < -0.39 is 0 Å². The van der Waals surface area contributed by atoms with Gasteiger partial charge in [-0.1, -0.05) is 13.8 Å². The molecule has 0 aliphatic carbocycles. The molecular formula is C11H20N2OS. The second kappa shape index (κ2) is 6.20. The van der Waals surface area contributed by atoms with E-state index in [4.69, 9.17) is 5.11 Å². The van der Waals surface area contributed by atoms with E-state index in [1.165, 1.54) is 9.88 Å². The maximum atomic E-state index is 9.08. The molecule has 15 heavy (non-hydrogen) atoms. The first kappa shape index (κ1) is 12.6. The van der Waals surface area contributed by atoms with Gasteiger partial charge >= 0.3 is 0 Å². The van der Waals surface area contributed by atoms with Crippen molar-refractivity contribution in [1.82, 2.24) is 10.3 Å². The van der Waals surface area contributed by atoms with Crippen LogP contribution in [0.25, 0.3) is 0 Å². The number of thiazole rings is 1. The highest BCUT2D eigenvalue weighted by Crippen LogP contribution is 2.16. The van der Waals surface area contributed by atoms with Crippen LogP contribution in [0.4, 0.5) is 0 Å². The monoisotopic (exact) mass is 228 g/mol. The Morgan fingerprint density at radius 2 is 2.20 bits per heavy atom. The van der Waals surface area contributed by atoms with Gasteiger partial charge in [-0.2, -0.15) is 0 Å². The highest BCUT2D eigenvalue weighted by Gasteiger charge is 2.04. The molecule has 2 N–H and O–H groups in total. The molecule has 3 nitrogen and oxygen atoms in total. The number of aromatic nitrogens is 1. The van der Waals surface area contributed by atoms with Gasteiger partial charge in [-0.25, -0.2) is 4.98 Å². The van der Waals surface area contributed by atoms with Crippen LogP contribution in [0.2, 0.25) is 0 Å². The van der Waals surface area contributed by atoms with Crippen LogP contribution in [0.3, 0.4) is 0 Å². The Balaban J connectivity index is 2.33. The van der Waals surface area contributed by atoms with Gasteiger partial charge in [-0.3, -0.25) is 0 Å². The molecule has 86 valence electrons. The molecule has 0 spiro atoms. The second-order valence-corrected chi connectivity index (χ2v) is 5.50. The Bertz CT molecular complexity index is 284. The largest absolute Gasteiger partial charge is 0.392 e. The Kier molecular flexibility index (Phi) is 5.22. The summed E-state index contributed by atoms with van der Waals surface area (Å²) in [6.07, 6.45) is 2.70. The lowest BCUT2D eigenvalue weighted by Crippen LogP contribution is -2.23. The average Bonchev–Trinajstić information content (AvgIpc) is 2.50. The van der Waals surface area contributed by atoms with Crippen molar-refractivity contribution in [2.24, 2.45) is 5.92 Å². The summed E-state index contributed by atoms with van der Waals surface area (Å²) in [7, 11) is 0. The average molecular weight is 228 g/mol. The lowest BCUT2D eigenvalue weighted by Gasteiger charge is -2.04. The van der Waals surface area contributed by atoms with E-state index in [0.29, 0.717) is 12.5 Å². The number of nitrogens with one attached hydrogen (secondary N) is 1. The van der Waals surface area contributed by atoms with Crippen LogP contribution >= 0.6 is 11.3 Å². The highest BCUT2D eigenvalue weighted by molar-refractivity contribution is 7.11. The van der Waals surface area contributed by atoms with E-state index in [9.17, 15) is 0 Å². The molecule has 1 rings (SSSR count). The van der Waals surface area contributed by atoms with Crippen molar-refractivity contribution in [3.8, 4) is 0 Å². The van der Waals surface area contributed by atoms with Gasteiger partial charge in [0.15, 0.2) is 0 Å². The molecule has 1 aromatic heterocycles. The number of nitrogens with zero attached hydrogens (tertiary/aromatic N) is 1. The standard InChI is InChI=1S/C11H20N2OS/c1-8(2)4-11-13-7-10(15-11)6-12-5-9(3)14/h7-9,12,14H,4-6H2,1-3H3.